The van der Waals surface area contributed by atoms with Gasteiger partial charge in [-0.25, -0.2) is 9.97 Å². The van der Waals surface area contributed by atoms with E-state index in [-0.39, 0.29) is 0 Å². The van der Waals surface area contributed by atoms with Gasteiger partial charge in [-0.05, 0) is 38.8 Å². The highest BCUT2D eigenvalue weighted by atomic mass is 16.5. The smallest absolute Gasteiger partial charge is 0.228 e. The molecule has 2 saturated heterocycles. The van der Waals surface area contributed by atoms with Crippen molar-refractivity contribution in [1.82, 2.24) is 30.0 Å². The Balaban J connectivity index is 1.58. The summed E-state index contributed by atoms with van der Waals surface area (Å²) >= 11 is 0. The molecule has 0 spiro atoms. The fraction of sp³-hybridized carbons (Fsp3) is 0.583. The van der Waals surface area contributed by atoms with E-state index >= 15 is 0 Å². The van der Waals surface area contributed by atoms with Crippen molar-refractivity contribution in [2.24, 2.45) is 0 Å². The SMILES string of the molecule is CCCOCCn1nc(COCC)c2nc(N3C[C@@H]4C[C@H]3CN4)nc(Nc3cccc(C)n3)c21. The van der Waals surface area contributed by atoms with Gasteiger partial charge in [-0.15, -0.1) is 0 Å². The number of hydrogen-bond donors (Lipinski definition) is 2. The van der Waals surface area contributed by atoms with Gasteiger partial charge in [0.05, 0.1) is 19.8 Å². The van der Waals surface area contributed by atoms with Crippen molar-refractivity contribution in [3.05, 3.63) is 29.6 Å². The van der Waals surface area contributed by atoms with Crippen molar-refractivity contribution in [3.63, 3.8) is 0 Å². The average Bonchev–Trinajstić information content (AvgIpc) is 3.55. The van der Waals surface area contributed by atoms with Crippen LogP contribution >= 0.6 is 0 Å². The summed E-state index contributed by atoms with van der Waals surface area (Å²) in [5, 5.41) is 11.9. The summed E-state index contributed by atoms with van der Waals surface area (Å²) in [6.07, 6.45) is 2.12. The van der Waals surface area contributed by atoms with Crippen molar-refractivity contribution >= 4 is 28.6 Å². The molecule has 0 aliphatic carbocycles. The number of anilines is 3. The van der Waals surface area contributed by atoms with Crippen LogP contribution in [0.1, 0.15) is 38.1 Å². The van der Waals surface area contributed by atoms with Crippen LogP contribution in [0.5, 0.6) is 0 Å². The molecule has 3 aromatic rings. The van der Waals surface area contributed by atoms with Gasteiger partial charge in [0, 0.05) is 44.1 Å². The van der Waals surface area contributed by atoms with Crippen LogP contribution in [0.3, 0.4) is 0 Å². The van der Waals surface area contributed by atoms with Crippen LogP contribution in [-0.2, 0) is 22.6 Å². The van der Waals surface area contributed by atoms with E-state index in [4.69, 9.17) is 24.5 Å². The zero-order valence-corrected chi connectivity index (χ0v) is 20.3. The Kier molecular flexibility index (Phi) is 6.89. The monoisotopic (exact) mass is 466 g/mol. The molecule has 2 aliphatic heterocycles. The number of pyridine rings is 1. The molecule has 0 aromatic carbocycles. The van der Waals surface area contributed by atoms with Gasteiger partial charge < -0.3 is 25.0 Å². The summed E-state index contributed by atoms with van der Waals surface area (Å²) in [6.45, 7) is 10.9. The third-order valence-electron chi connectivity index (χ3n) is 6.33. The van der Waals surface area contributed by atoms with E-state index < -0.39 is 0 Å². The van der Waals surface area contributed by atoms with E-state index in [0.29, 0.717) is 44.3 Å². The first-order chi connectivity index (χ1) is 16.7. The van der Waals surface area contributed by atoms with E-state index in [1.807, 2.05) is 36.7 Å². The number of aromatic nitrogens is 5. The molecular formula is C24H34N8O2. The molecular weight excluding hydrogens is 432 g/mol. The maximum Gasteiger partial charge on any atom is 0.228 e. The fourth-order valence-electron chi connectivity index (χ4n) is 4.74. The van der Waals surface area contributed by atoms with Crippen LogP contribution in [0.4, 0.5) is 17.6 Å². The minimum absolute atomic E-state index is 0.405. The highest BCUT2D eigenvalue weighted by Gasteiger charge is 2.39. The van der Waals surface area contributed by atoms with Gasteiger partial charge >= 0.3 is 0 Å². The molecule has 2 N–H and O–H groups in total. The lowest BCUT2D eigenvalue weighted by Gasteiger charge is -2.27. The van der Waals surface area contributed by atoms with Gasteiger partial charge in [-0.2, -0.15) is 10.1 Å². The lowest BCUT2D eigenvalue weighted by molar-refractivity contribution is 0.122. The average molecular weight is 467 g/mol. The Morgan fingerprint density at radius 3 is 2.79 bits per heavy atom. The molecule has 2 aliphatic rings. The lowest BCUT2D eigenvalue weighted by atomic mass is 10.2. The molecule has 0 amide bonds. The summed E-state index contributed by atoms with van der Waals surface area (Å²) in [5.41, 5.74) is 3.43. The molecule has 0 radical (unpaired) electrons. The predicted octanol–water partition coefficient (Wildman–Crippen LogP) is 2.79. The fourth-order valence-corrected chi connectivity index (χ4v) is 4.74. The molecule has 10 heteroatoms. The summed E-state index contributed by atoms with van der Waals surface area (Å²) < 4.78 is 13.4. The molecule has 10 nitrogen and oxygen atoms in total. The number of ether oxygens (including phenoxy) is 2. The molecule has 182 valence electrons. The maximum atomic E-state index is 5.76. The standard InChI is InChI=1S/C24H34N8O2/c1-4-10-34-11-9-32-22-21(19(30-32)15-33-5-2)28-24(31-14-17-12-18(31)13-25-17)29-23(22)27-20-8-6-7-16(3)26-20/h6-8,17-18,25H,4-5,9-15H2,1-3H3,(H,26,27,28,29)/t17-,18-/m0/s1. The predicted molar refractivity (Wildman–Crippen MR) is 132 cm³/mol. The van der Waals surface area contributed by atoms with Crippen LogP contribution < -0.4 is 15.5 Å². The summed E-state index contributed by atoms with van der Waals surface area (Å²) in [7, 11) is 0. The summed E-state index contributed by atoms with van der Waals surface area (Å²) in [4.78, 5) is 17.0. The Labute approximate surface area is 200 Å². The van der Waals surface area contributed by atoms with Gasteiger partial charge in [0.25, 0.3) is 0 Å². The second-order valence-corrected chi connectivity index (χ2v) is 8.93. The number of rotatable bonds is 11. The first-order valence-corrected chi connectivity index (χ1v) is 12.3. The summed E-state index contributed by atoms with van der Waals surface area (Å²) in [6, 6.07) is 6.84. The molecule has 0 saturated carbocycles. The number of fused-ring (bicyclic) bond motifs is 3. The first-order valence-electron chi connectivity index (χ1n) is 12.3. The number of hydrogen-bond acceptors (Lipinski definition) is 9. The minimum atomic E-state index is 0.405. The van der Waals surface area contributed by atoms with Crippen LogP contribution in [0, 0.1) is 6.92 Å². The molecule has 0 unspecified atom stereocenters. The number of nitrogens with one attached hydrogen (secondary N) is 2. The van der Waals surface area contributed by atoms with Gasteiger partial charge in [0.15, 0.2) is 5.82 Å². The van der Waals surface area contributed by atoms with Crippen molar-refractivity contribution in [3.8, 4) is 0 Å². The van der Waals surface area contributed by atoms with Crippen LogP contribution in [0.2, 0.25) is 0 Å². The lowest BCUT2D eigenvalue weighted by Crippen LogP contribution is -2.44. The third kappa shape index (κ3) is 4.70. The molecule has 5 heterocycles. The summed E-state index contributed by atoms with van der Waals surface area (Å²) in [5.74, 6) is 2.19. The second-order valence-electron chi connectivity index (χ2n) is 8.93. The molecule has 2 fully saturated rings. The zero-order valence-electron chi connectivity index (χ0n) is 20.3. The number of piperazine rings is 1. The van der Waals surface area contributed by atoms with E-state index in [9.17, 15) is 0 Å². The number of aryl methyl sites for hydroxylation is 1. The van der Waals surface area contributed by atoms with Crippen molar-refractivity contribution in [1.29, 1.82) is 0 Å². The van der Waals surface area contributed by atoms with Gasteiger partial charge in [-0.3, -0.25) is 4.68 Å². The zero-order chi connectivity index (χ0) is 23.5. The van der Waals surface area contributed by atoms with Crippen LogP contribution in [-0.4, -0.2) is 69.7 Å². The van der Waals surface area contributed by atoms with Gasteiger partial charge in [-0.1, -0.05) is 13.0 Å². The van der Waals surface area contributed by atoms with Crippen LogP contribution in [0.25, 0.3) is 11.0 Å². The van der Waals surface area contributed by atoms with Gasteiger partial charge in [0.1, 0.15) is 22.5 Å². The Morgan fingerprint density at radius 1 is 1.15 bits per heavy atom. The minimum Gasteiger partial charge on any atom is -0.380 e. The molecule has 34 heavy (non-hydrogen) atoms. The quantitative estimate of drug-likeness (QED) is 0.413. The molecule has 5 rings (SSSR count). The molecule has 2 bridgehead atoms. The third-order valence-corrected chi connectivity index (χ3v) is 6.33. The topological polar surface area (TPSA) is 102 Å². The van der Waals surface area contributed by atoms with E-state index in [0.717, 1.165) is 66.7 Å². The number of nitrogens with zero attached hydrogens (tertiary/aromatic N) is 6. The van der Waals surface area contributed by atoms with Crippen LogP contribution in [0.15, 0.2) is 18.2 Å². The Hall–Kier alpha value is -2.82. The Morgan fingerprint density at radius 2 is 2.06 bits per heavy atom. The van der Waals surface area contributed by atoms with E-state index in [1.165, 1.54) is 0 Å². The van der Waals surface area contributed by atoms with Crippen molar-refractivity contribution in [2.45, 2.75) is 58.8 Å². The molecule has 2 atom stereocenters. The highest BCUT2D eigenvalue weighted by molar-refractivity contribution is 5.90. The van der Waals surface area contributed by atoms with Gasteiger partial charge in [0.2, 0.25) is 5.95 Å². The van der Waals surface area contributed by atoms with E-state index in [1.54, 1.807) is 0 Å². The Bertz CT molecular complexity index is 1130. The maximum absolute atomic E-state index is 5.76. The van der Waals surface area contributed by atoms with Crippen molar-refractivity contribution in [2.75, 3.05) is 43.1 Å². The van der Waals surface area contributed by atoms with Crippen molar-refractivity contribution < 1.29 is 9.47 Å². The second kappa shape index (κ2) is 10.2. The first kappa shape index (κ1) is 22.9. The van der Waals surface area contributed by atoms with E-state index in [2.05, 4.69) is 27.4 Å². The molecule has 3 aromatic heterocycles. The normalized spacial score (nSPS) is 19.4. The highest BCUT2D eigenvalue weighted by Crippen LogP contribution is 2.33. The largest absolute Gasteiger partial charge is 0.380 e.